The number of pyridine rings is 1. The lowest BCUT2D eigenvalue weighted by atomic mass is 9.82. The minimum Gasteiger partial charge on any atom is -0.323 e. The number of amides is 1. The predicted octanol–water partition coefficient (Wildman–Crippen LogP) is 2.83. The topological polar surface area (TPSA) is 68.0 Å². The number of nitrogens with one attached hydrogen (secondary N) is 1. The fourth-order valence-electron chi connectivity index (χ4n) is 2.25. The quantitative estimate of drug-likeness (QED) is 0.883. The Hall–Kier alpha value is -0.840. The number of nitrogens with zero attached hydrogens (tertiary/aromatic N) is 1. The van der Waals surface area contributed by atoms with Gasteiger partial charge in [-0.05, 0) is 31.4 Å². The third-order valence-electron chi connectivity index (χ3n) is 3.49. The number of carbonyl (C=O) groups is 1. The number of nitrogens with two attached hydrogens (primary N) is 1. The molecular formula is C13H21Cl2N3O. The Morgan fingerprint density at radius 3 is 2.53 bits per heavy atom. The van der Waals surface area contributed by atoms with Crippen molar-refractivity contribution in [2.45, 2.75) is 44.6 Å². The Bertz CT molecular complexity index is 420. The second-order valence-corrected chi connectivity index (χ2v) is 4.86. The Morgan fingerprint density at radius 1 is 1.32 bits per heavy atom. The first-order chi connectivity index (χ1) is 8.12. The van der Waals surface area contributed by atoms with Crippen molar-refractivity contribution < 1.29 is 4.79 Å². The molecule has 0 aliphatic heterocycles. The molecule has 19 heavy (non-hydrogen) atoms. The molecule has 0 unspecified atom stereocenters. The highest BCUT2D eigenvalue weighted by atomic mass is 35.5. The smallest absolute Gasteiger partial charge is 0.244 e. The van der Waals surface area contributed by atoms with Crippen LogP contribution in [0.15, 0.2) is 18.5 Å². The summed E-state index contributed by atoms with van der Waals surface area (Å²) in [6.07, 6.45) is 8.18. The van der Waals surface area contributed by atoms with E-state index in [0.717, 1.165) is 36.9 Å². The lowest BCUT2D eigenvalue weighted by Crippen LogP contribution is -2.52. The van der Waals surface area contributed by atoms with Crippen molar-refractivity contribution >= 4 is 36.4 Å². The molecule has 1 amide bonds. The first-order valence-corrected chi connectivity index (χ1v) is 6.13. The van der Waals surface area contributed by atoms with Gasteiger partial charge in [0.25, 0.3) is 0 Å². The van der Waals surface area contributed by atoms with Crippen molar-refractivity contribution in [2.24, 2.45) is 5.73 Å². The molecular weight excluding hydrogens is 285 g/mol. The van der Waals surface area contributed by atoms with Gasteiger partial charge in [-0.3, -0.25) is 9.78 Å². The van der Waals surface area contributed by atoms with Crippen LogP contribution < -0.4 is 11.1 Å². The summed E-state index contributed by atoms with van der Waals surface area (Å²) >= 11 is 0. The molecule has 1 aromatic heterocycles. The lowest BCUT2D eigenvalue weighted by Gasteiger charge is -2.31. The van der Waals surface area contributed by atoms with E-state index in [2.05, 4.69) is 10.3 Å². The normalized spacial score (nSPS) is 16.7. The van der Waals surface area contributed by atoms with E-state index in [1.54, 1.807) is 12.4 Å². The highest BCUT2D eigenvalue weighted by molar-refractivity contribution is 5.98. The molecule has 1 aliphatic carbocycles. The van der Waals surface area contributed by atoms with Crippen molar-refractivity contribution in [3.63, 3.8) is 0 Å². The maximum Gasteiger partial charge on any atom is 0.244 e. The Kier molecular flexibility index (Phi) is 7.34. The number of aryl methyl sites for hydroxylation is 1. The second-order valence-electron chi connectivity index (χ2n) is 4.86. The third-order valence-corrected chi connectivity index (χ3v) is 3.49. The van der Waals surface area contributed by atoms with Gasteiger partial charge >= 0.3 is 0 Å². The molecule has 0 aromatic carbocycles. The maximum atomic E-state index is 12.2. The summed E-state index contributed by atoms with van der Waals surface area (Å²) in [6.45, 7) is 1.95. The third kappa shape index (κ3) is 4.34. The van der Waals surface area contributed by atoms with E-state index >= 15 is 0 Å². The molecule has 0 saturated heterocycles. The van der Waals surface area contributed by atoms with Crippen LogP contribution >= 0.6 is 24.8 Å². The Labute approximate surface area is 126 Å². The van der Waals surface area contributed by atoms with Crippen molar-refractivity contribution in [3.05, 3.63) is 24.0 Å². The summed E-state index contributed by atoms with van der Waals surface area (Å²) in [7, 11) is 0. The first kappa shape index (κ1) is 18.2. The molecule has 0 spiro atoms. The molecule has 108 valence electrons. The summed E-state index contributed by atoms with van der Waals surface area (Å²) in [5, 5.41) is 2.89. The van der Waals surface area contributed by atoms with Crippen molar-refractivity contribution in [1.29, 1.82) is 0 Å². The van der Waals surface area contributed by atoms with Crippen LogP contribution in [0.2, 0.25) is 0 Å². The number of rotatable bonds is 2. The number of aromatic nitrogens is 1. The van der Waals surface area contributed by atoms with Gasteiger partial charge in [-0.1, -0.05) is 19.3 Å². The van der Waals surface area contributed by atoms with E-state index in [4.69, 9.17) is 5.73 Å². The van der Waals surface area contributed by atoms with Crippen LogP contribution in [0.25, 0.3) is 0 Å². The predicted molar refractivity (Wildman–Crippen MR) is 82.1 cm³/mol. The van der Waals surface area contributed by atoms with Crippen LogP contribution in [-0.4, -0.2) is 16.4 Å². The van der Waals surface area contributed by atoms with Gasteiger partial charge in [0.15, 0.2) is 0 Å². The number of hydrogen-bond acceptors (Lipinski definition) is 3. The van der Waals surface area contributed by atoms with Crippen molar-refractivity contribution in [2.75, 3.05) is 5.32 Å². The molecule has 3 N–H and O–H groups in total. The van der Waals surface area contributed by atoms with E-state index in [1.165, 1.54) is 6.42 Å². The van der Waals surface area contributed by atoms with Gasteiger partial charge in [0.1, 0.15) is 0 Å². The molecule has 2 rings (SSSR count). The van der Waals surface area contributed by atoms with Gasteiger partial charge < -0.3 is 11.1 Å². The minimum atomic E-state index is -0.694. The molecule has 1 saturated carbocycles. The van der Waals surface area contributed by atoms with Crippen LogP contribution in [0.1, 0.15) is 37.7 Å². The molecule has 0 bridgehead atoms. The van der Waals surface area contributed by atoms with Crippen LogP contribution in [0.3, 0.4) is 0 Å². The highest BCUT2D eigenvalue weighted by Crippen LogP contribution is 2.27. The zero-order valence-corrected chi connectivity index (χ0v) is 12.6. The van der Waals surface area contributed by atoms with Gasteiger partial charge in [0.2, 0.25) is 5.91 Å². The summed E-state index contributed by atoms with van der Waals surface area (Å²) in [6, 6.07) is 1.87. The van der Waals surface area contributed by atoms with E-state index in [9.17, 15) is 4.79 Å². The van der Waals surface area contributed by atoms with E-state index in [-0.39, 0.29) is 30.7 Å². The van der Waals surface area contributed by atoms with E-state index in [0.29, 0.717) is 0 Å². The van der Waals surface area contributed by atoms with Gasteiger partial charge in [-0.25, -0.2) is 0 Å². The van der Waals surface area contributed by atoms with E-state index in [1.807, 2.05) is 13.0 Å². The lowest BCUT2D eigenvalue weighted by molar-refractivity contribution is -0.122. The highest BCUT2D eigenvalue weighted by Gasteiger charge is 2.35. The molecule has 1 fully saturated rings. The second kappa shape index (κ2) is 7.68. The molecule has 0 atom stereocenters. The van der Waals surface area contributed by atoms with Gasteiger partial charge in [-0.2, -0.15) is 0 Å². The van der Waals surface area contributed by atoms with Crippen LogP contribution in [0.4, 0.5) is 5.69 Å². The summed E-state index contributed by atoms with van der Waals surface area (Å²) in [5.74, 6) is -0.0756. The molecule has 1 aliphatic rings. The van der Waals surface area contributed by atoms with Crippen LogP contribution in [0, 0.1) is 6.92 Å². The molecule has 1 aromatic rings. The fourth-order valence-corrected chi connectivity index (χ4v) is 2.25. The average molecular weight is 306 g/mol. The van der Waals surface area contributed by atoms with Crippen molar-refractivity contribution in [1.82, 2.24) is 4.98 Å². The number of hydrogen-bond donors (Lipinski definition) is 2. The SMILES string of the molecule is Cc1ccncc1NC(=O)C1(N)CCCCC1.Cl.Cl. The Balaban J connectivity index is 0.00000162. The first-order valence-electron chi connectivity index (χ1n) is 6.13. The van der Waals surface area contributed by atoms with Crippen molar-refractivity contribution in [3.8, 4) is 0 Å². The zero-order chi connectivity index (χ0) is 12.3. The number of halogens is 2. The molecule has 0 radical (unpaired) electrons. The molecule has 1 heterocycles. The standard InChI is InChI=1S/C13H19N3O.2ClH/c1-10-5-8-15-9-11(10)16-12(17)13(14)6-3-2-4-7-13;;/h5,8-9H,2-4,6-7,14H2,1H3,(H,16,17);2*1H. The van der Waals surface area contributed by atoms with E-state index < -0.39 is 5.54 Å². The van der Waals surface area contributed by atoms with Gasteiger partial charge in [0, 0.05) is 6.20 Å². The molecule has 4 nitrogen and oxygen atoms in total. The zero-order valence-electron chi connectivity index (χ0n) is 11.0. The summed E-state index contributed by atoms with van der Waals surface area (Å²) in [5.41, 5.74) is 7.24. The molecule has 6 heteroatoms. The van der Waals surface area contributed by atoms with Gasteiger partial charge in [0.05, 0.1) is 17.4 Å². The number of carbonyl (C=O) groups excluding carboxylic acids is 1. The monoisotopic (exact) mass is 305 g/mol. The fraction of sp³-hybridized carbons (Fsp3) is 0.538. The maximum absolute atomic E-state index is 12.2. The Morgan fingerprint density at radius 2 is 1.95 bits per heavy atom. The summed E-state index contributed by atoms with van der Waals surface area (Å²) < 4.78 is 0. The minimum absolute atomic E-state index is 0. The summed E-state index contributed by atoms with van der Waals surface area (Å²) in [4.78, 5) is 16.2. The largest absolute Gasteiger partial charge is 0.323 e. The van der Waals surface area contributed by atoms with Gasteiger partial charge in [-0.15, -0.1) is 24.8 Å². The average Bonchev–Trinajstić information content (AvgIpc) is 2.33. The van der Waals surface area contributed by atoms with Crippen LogP contribution in [-0.2, 0) is 4.79 Å². The number of anilines is 1. The van der Waals surface area contributed by atoms with Crippen LogP contribution in [0.5, 0.6) is 0 Å².